The van der Waals surface area contributed by atoms with Crippen molar-refractivity contribution in [3.8, 4) is 0 Å². The quantitative estimate of drug-likeness (QED) is 0.902. The molecule has 0 aromatic heterocycles. The molecule has 1 aromatic carbocycles. The lowest BCUT2D eigenvalue weighted by atomic mass is 10.1. The monoisotopic (exact) mass is 266 g/mol. The van der Waals surface area contributed by atoms with Crippen molar-refractivity contribution in [1.82, 2.24) is 0 Å². The van der Waals surface area contributed by atoms with Gasteiger partial charge in [0.05, 0.1) is 0 Å². The summed E-state index contributed by atoms with van der Waals surface area (Å²) in [4.78, 5) is 2.53. The Morgan fingerprint density at radius 3 is 2.78 bits per heavy atom. The summed E-state index contributed by atoms with van der Waals surface area (Å²) in [6.45, 7) is 5.22. The molecule has 0 amide bonds. The van der Waals surface area contributed by atoms with Gasteiger partial charge in [0, 0.05) is 22.8 Å². The van der Waals surface area contributed by atoms with Gasteiger partial charge in [0.2, 0.25) is 0 Å². The van der Waals surface area contributed by atoms with Crippen molar-refractivity contribution in [2.24, 2.45) is 5.73 Å². The van der Waals surface area contributed by atoms with Crippen molar-refractivity contribution in [1.29, 1.82) is 0 Å². The normalized spacial score (nSPS) is 23.7. The highest BCUT2D eigenvalue weighted by Gasteiger charge is 2.29. The summed E-state index contributed by atoms with van der Waals surface area (Å²) < 4.78 is 0. The first-order valence-corrected chi connectivity index (χ1v) is 7.32. The van der Waals surface area contributed by atoms with E-state index in [0.29, 0.717) is 18.6 Å². The van der Waals surface area contributed by atoms with Gasteiger partial charge in [0.25, 0.3) is 0 Å². The minimum Gasteiger partial charge on any atom is -0.366 e. The van der Waals surface area contributed by atoms with Crippen molar-refractivity contribution in [3.05, 3.63) is 28.8 Å². The highest BCUT2D eigenvalue weighted by Crippen LogP contribution is 2.34. The van der Waals surface area contributed by atoms with E-state index in [1.165, 1.54) is 24.9 Å². The first-order chi connectivity index (χ1) is 8.67. The molecule has 18 heavy (non-hydrogen) atoms. The molecule has 1 aromatic rings. The van der Waals surface area contributed by atoms with Gasteiger partial charge in [0.1, 0.15) is 0 Å². The van der Waals surface area contributed by atoms with Crippen LogP contribution in [0.2, 0.25) is 5.02 Å². The van der Waals surface area contributed by atoms with Gasteiger partial charge in [-0.3, -0.25) is 0 Å². The molecular formula is C15H23ClN2. The fourth-order valence-electron chi connectivity index (χ4n) is 2.99. The van der Waals surface area contributed by atoms with Crippen molar-refractivity contribution < 1.29 is 0 Å². The third-order valence-electron chi connectivity index (χ3n) is 4.01. The molecule has 2 atom stereocenters. The molecule has 2 N–H and O–H groups in total. The maximum absolute atomic E-state index is 6.34. The van der Waals surface area contributed by atoms with Crippen LogP contribution in [-0.4, -0.2) is 18.6 Å². The Kier molecular flexibility index (Phi) is 4.52. The predicted octanol–water partition coefficient (Wildman–Crippen LogP) is 3.61. The zero-order valence-electron chi connectivity index (χ0n) is 11.3. The molecule has 2 unspecified atom stereocenters. The van der Waals surface area contributed by atoms with Crippen LogP contribution in [0.1, 0.15) is 38.7 Å². The number of nitrogens with two attached hydrogens (primary N) is 1. The Labute approximate surface area is 115 Å². The van der Waals surface area contributed by atoms with E-state index in [9.17, 15) is 0 Å². The van der Waals surface area contributed by atoms with Crippen molar-refractivity contribution in [3.63, 3.8) is 0 Å². The lowest BCUT2D eigenvalue weighted by Crippen LogP contribution is -2.34. The molecule has 1 fully saturated rings. The second kappa shape index (κ2) is 5.94. The molecule has 100 valence electrons. The van der Waals surface area contributed by atoms with Gasteiger partial charge in [0.15, 0.2) is 0 Å². The van der Waals surface area contributed by atoms with Gasteiger partial charge >= 0.3 is 0 Å². The summed E-state index contributed by atoms with van der Waals surface area (Å²) in [5, 5.41) is 0.854. The van der Waals surface area contributed by atoms with Crippen LogP contribution in [0.15, 0.2) is 18.2 Å². The van der Waals surface area contributed by atoms with E-state index in [4.69, 9.17) is 17.3 Å². The largest absolute Gasteiger partial charge is 0.366 e. The Hall–Kier alpha value is -0.730. The fraction of sp³-hybridized carbons (Fsp3) is 0.600. The second-order valence-corrected chi connectivity index (χ2v) is 5.62. The van der Waals surface area contributed by atoms with E-state index in [1.54, 1.807) is 0 Å². The van der Waals surface area contributed by atoms with E-state index >= 15 is 0 Å². The van der Waals surface area contributed by atoms with E-state index in [0.717, 1.165) is 17.0 Å². The molecule has 2 nitrogen and oxygen atoms in total. The van der Waals surface area contributed by atoms with Crippen LogP contribution in [-0.2, 0) is 6.42 Å². The lowest BCUT2D eigenvalue weighted by molar-refractivity contribution is 0.628. The van der Waals surface area contributed by atoms with Gasteiger partial charge in [-0.2, -0.15) is 0 Å². The summed E-state index contributed by atoms with van der Waals surface area (Å²) in [5.41, 5.74) is 8.00. The summed E-state index contributed by atoms with van der Waals surface area (Å²) in [6, 6.07) is 7.71. The molecule has 1 saturated heterocycles. The van der Waals surface area contributed by atoms with Gasteiger partial charge < -0.3 is 10.6 Å². The molecule has 2 rings (SSSR count). The number of benzene rings is 1. The average molecular weight is 267 g/mol. The van der Waals surface area contributed by atoms with Crippen LogP contribution in [0.25, 0.3) is 0 Å². The third-order valence-corrected chi connectivity index (χ3v) is 4.36. The van der Waals surface area contributed by atoms with Gasteiger partial charge in [-0.1, -0.05) is 24.6 Å². The Balaban J connectivity index is 2.25. The third kappa shape index (κ3) is 2.65. The van der Waals surface area contributed by atoms with Crippen molar-refractivity contribution in [2.75, 3.05) is 11.4 Å². The molecule has 0 bridgehead atoms. The number of hydrogen-bond acceptors (Lipinski definition) is 2. The number of rotatable bonds is 4. The number of nitrogens with zero attached hydrogens (tertiary/aromatic N) is 1. The fourth-order valence-corrected chi connectivity index (χ4v) is 3.26. The molecule has 1 aliphatic heterocycles. The number of halogens is 1. The first kappa shape index (κ1) is 13.7. The van der Waals surface area contributed by atoms with Gasteiger partial charge in [-0.05, 0) is 56.8 Å². The highest BCUT2D eigenvalue weighted by atomic mass is 35.5. The summed E-state index contributed by atoms with van der Waals surface area (Å²) in [5.74, 6) is 0. The van der Waals surface area contributed by atoms with Gasteiger partial charge in [-0.25, -0.2) is 0 Å². The Morgan fingerprint density at radius 2 is 2.17 bits per heavy atom. The predicted molar refractivity (Wildman–Crippen MR) is 79.5 cm³/mol. The van der Waals surface area contributed by atoms with E-state index in [-0.39, 0.29) is 0 Å². The summed E-state index contributed by atoms with van der Waals surface area (Å²) >= 11 is 6.34. The lowest BCUT2D eigenvalue weighted by Gasteiger charge is -2.30. The van der Waals surface area contributed by atoms with E-state index < -0.39 is 0 Å². The van der Waals surface area contributed by atoms with Crippen LogP contribution < -0.4 is 10.6 Å². The molecule has 3 heteroatoms. The summed E-state index contributed by atoms with van der Waals surface area (Å²) in [6.07, 6.45) is 4.62. The smallest absolute Gasteiger partial charge is 0.0459 e. The molecule has 0 aliphatic carbocycles. The molecule has 0 radical (unpaired) electrons. The minimum absolute atomic E-state index is 0.617. The maximum Gasteiger partial charge on any atom is 0.0459 e. The molecule has 1 heterocycles. The second-order valence-electron chi connectivity index (χ2n) is 5.21. The number of anilines is 1. The standard InChI is InChI=1S/C15H23ClN2/c1-3-13-6-4-11(2)18(13)14-7-5-12(8-9-17)15(16)10-14/h5,7,10-11,13H,3-4,6,8-9,17H2,1-2H3. The van der Waals surface area contributed by atoms with Crippen molar-refractivity contribution >= 4 is 17.3 Å². The number of hydrogen-bond donors (Lipinski definition) is 1. The summed E-state index contributed by atoms with van der Waals surface area (Å²) in [7, 11) is 0. The molecular weight excluding hydrogens is 244 g/mol. The average Bonchev–Trinajstić information content (AvgIpc) is 2.73. The zero-order chi connectivity index (χ0) is 13.1. The maximum atomic E-state index is 6.34. The molecule has 0 saturated carbocycles. The van der Waals surface area contributed by atoms with Crippen LogP contribution in [0.5, 0.6) is 0 Å². The van der Waals surface area contributed by atoms with E-state index in [2.05, 4.69) is 36.9 Å². The SMILES string of the molecule is CCC1CCC(C)N1c1ccc(CCN)c(Cl)c1. The Bertz CT molecular complexity index is 405. The topological polar surface area (TPSA) is 29.3 Å². The van der Waals surface area contributed by atoms with Crippen LogP contribution in [0, 0.1) is 0 Å². The molecule has 1 aliphatic rings. The highest BCUT2D eigenvalue weighted by molar-refractivity contribution is 6.31. The zero-order valence-corrected chi connectivity index (χ0v) is 12.1. The van der Waals surface area contributed by atoms with E-state index in [1.807, 2.05) is 0 Å². The molecule has 0 spiro atoms. The van der Waals surface area contributed by atoms with Crippen LogP contribution in [0.4, 0.5) is 5.69 Å². The minimum atomic E-state index is 0.617. The first-order valence-electron chi connectivity index (χ1n) is 6.94. The van der Waals surface area contributed by atoms with Crippen molar-refractivity contribution in [2.45, 2.75) is 51.6 Å². The Morgan fingerprint density at radius 1 is 1.39 bits per heavy atom. The van der Waals surface area contributed by atoms with Crippen LogP contribution >= 0.6 is 11.6 Å². The van der Waals surface area contributed by atoms with Crippen LogP contribution in [0.3, 0.4) is 0 Å². The van der Waals surface area contributed by atoms with Gasteiger partial charge in [-0.15, -0.1) is 0 Å².